The third-order valence-corrected chi connectivity index (χ3v) is 5.18. The van der Waals surface area contributed by atoms with Crippen LogP contribution < -0.4 is 10.2 Å². The summed E-state index contributed by atoms with van der Waals surface area (Å²) in [5.41, 5.74) is 1.67. The number of carbonyl (C=O) groups is 2. The van der Waals surface area contributed by atoms with E-state index in [1.165, 1.54) is 0 Å². The molecule has 1 fully saturated rings. The number of nitriles is 1. The average Bonchev–Trinajstić information content (AvgIpc) is 2.79. The molecule has 0 spiro atoms. The molecule has 0 bridgehead atoms. The Morgan fingerprint density at radius 3 is 2.45 bits per heavy atom. The number of fused-ring (bicyclic) bond motifs is 1. The van der Waals surface area contributed by atoms with Gasteiger partial charge in [0.05, 0.1) is 23.7 Å². The van der Waals surface area contributed by atoms with Crippen molar-refractivity contribution in [3.8, 4) is 6.07 Å². The molecule has 2 aromatic rings. The van der Waals surface area contributed by atoms with E-state index in [1.54, 1.807) is 11.8 Å². The van der Waals surface area contributed by atoms with E-state index >= 15 is 0 Å². The maximum absolute atomic E-state index is 12.7. The van der Waals surface area contributed by atoms with Gasteiger partial charge in [-0.2, -0.15) is 5.26 Å². The fourth-order valence-corrected chi connectivity index (χ4v) is 3.48. The number of benzene rings is 1. The minimum absolute atomic E-state index is 0.330. The Kier molecular flexibility index (Phi) is 7.60. The van der Waals surface area contributed by atoms with E-state index in [9.17, 15) is 14.9 Å². The molecule has 1 saturated heterocycles. The van der Waals surface area contributed by atoms with Gasteiger partial charge in [-0.05, 0) is 25.5 Å². The Morgan fingerprint density at radius 1 is 1.16 bits per heavy atom. The highest BCUT2D eigenvalue weighted by Crippen LogP contribution is 2.28. The Morgan fingerprint density at radius 2 is 1.84 bits per heavy atom. The molecule has 1 aliphatic heterocycles. The largest absolute Gasteiger partial charge is 0.450 e. The maximum atomic E-state index is 12.7. The molecule has 3 rings (SSSR count). The lowest BCUT2D eigenvalue weighted by atomic mass is 10.0. The van der Waals surface area contributed by atoms with E-state index in [1.807, 2.05) is 36.1 Å². The number of amides is 2. The van der Waals surface area contributed by atoms with Crippen molar-refractivity contribution in [2.24, 2.45) is 0 Å². The highest BCUT2D eigenvalue weighted by molar-refractivity contribution is 5.88. The van der Waals surface area contributed by atoms with Crippen molar-refractivity contribution in [1.82, 2.24) is 20.2 Å². The topological polar surface area (TPSA) is 111 Å². The van der Waals surface area contributed by atoms with Gasteiger partial charge in [-0.25, -0.2) is 14.8 Å². The molecule has 1 unspecified atom stereocenters. The highest BCUT2D eigenvalue weighted by Gasteiger charge is 2.31. The highest BCUT2D eigenvalue weighted by atomic mass is 16.6. The SMILES string of the molecule is CCCCNC(=O)C(C#N)c1nc2ccccc2nc1N1CCN(C(=O)OCC)CC1. The summed E-state index contributed by atoms with van der Waals surface area (Å²) in [7, 11) is 0. The van der Waals surface area contributed by atoms with Gasteiger partial charge in [0, 0.05) is 32.7 Å². The number of nitrogens with zero attached hydrogens (tertiary/aromatic N) is 5. The Balaban J connectivity index is 1.90. The maximum Gasteiger partial charge on any atom is 0.409 e. The number of ether oxygens (including phenoxy) is 1. The summed E-state index contributed by atoms with van der Waals surface area (Å²) in [6.07, 6.45) is 1.45. The van der Waals surface area contributed by atoms with Gasteiger partial charge in [-0.1, -0.05) is 25.5 Å². The standard InChI is InChI=1S/C22H28N6O3/c1-3-5-10-24-21(29)16(15-23)19-20(26-18-9-7-6-8-17(18)25-19)27-11-13-28(14-12-27)22(30)31-4-2/h6-9,16H,3-5,10-14H2,1-2H3,(H,24,29). The Bertz CT molecular complexity index is 965. The van der Waals surface area contributed by atoms with Crippen LogP contribution in [-0.2, 0) is 9.53 Å². The monoisotopic (exact) mass is 424 g/mol. The van der Waals surface area contributed by atoms with Gasteiger partial charge >= 0.3 is 6.09 Å². The number of unbranched alkanes of at least 4 members (excludes halogenated alkanes) is 1. The first-order chi connectivity index (χ1) is 15.1. The molecular formula is C22H28N6O3. The summed E-state index contributed by atoms with van der Waals surface area (Å²) in [6, 6.07) is 9.50. The van der Waals surface area contributed by atoms with Crippen LogP contribution in [-0.4, -0.2) is 66.2 Å². The summed E-state index contributed by atoms with van der Waals surface area (Å²) in [6.45, 7) is 6.61. The predicted octanol–water partition coefficient (Wildman–Crippen LogP) is 2.43. The van der Waals surface area contributed by atoms with Crippen LogP contribution >= 0.6 is 0 Å². The van der Waals surface area contributed by atoms with Crippen LogP contribution in [0.5, 0.6) is 0 Å². The van der Waals surface area contributed by atoms with Crippen molar-refractivity contribution in [3.05, 3.63) is 30.0 Å². The van der Waals surface area contributed by atoms with Gasteiger partial charge in [-0.15, -0.1) is 0 Å². The second-order valence-electron chi connectivity index (χ2n) is 7.30. The van der Waals surface area contributed by atoms with Crippen LogP contribution in [0.2, 0.25) is 0 Å². The fraction of sp³-hybridized carbons (Fsp3) is 0.500. The number of aromatic nitrogens is 2. The van der Waals surface area contributed by atoms with E-state index < -0.39 is 5.92 Å². The second kappa shape index (κ2) is 10.6. The second-order valence-corrected chi connectivity index (χ2v) is 7.30. The molecule has 0 aliphatic carbocycles. The molecule has 1 aromatic carbocycles. The van der Waals surface area contributed by atoms with Crippen molar-refractivity contribution in [2.75, 3.05) is 44.2 Å². The number of hydrogen-bond acceptors (Lipinski definition) is 7. The minimum Gasteiger partial charge on any atom is -0.450 e. The molecular weight excluding hydrogens is 396 g/mol. The molecule has 31 heavy (non-hydrogen) atoms. The summed E-state index contributed by atoms with van der Waals surface area (Å²) < 4.78 is 5.08. The van der Waals surface area contributed by atoms with Crippen LogP contribution in [0.25, 0.3) is 11.0 Å². The first-order valence-corrected chi connectivity index (χ1v) is 10.7. The van der Waals surface area contributed by atoms with Crippen LogP contribution in [0.15, 0.2) is 24.3 Å². The third kappa shape index (κ3) is 5.20. The number of nitrogens with one attached hydrogen (secondary N) is 1. The lowest BCUT2D eigenvalue weighted by Crippen LogP contribution is -2.49. The molecule has 9 heteroatoms. The number of hydrogen-bond donors (Lipinski definition) is 1. The number of anilines is 1. The molecule has 0 radical (unpaired) electrons. The number of carbonyl (C=O) groups excluding carboxylic acids is 2. The number of piperazine rings is 1. The molecule has 164 valence electrons. The van der Waals surface area contributed by atoms with Gasteiger partial charge in [0.25, 0.3) is 0 Å². The lowest BCUT2D eigenvalue weighted by molar-refractivity contribution is -0.121. The van der Waals surface area contributed by atoms with Crippen molar-refractivity contribution < 1.29 is 14.3 Å². The summed E-state index contributed by atoms with van der Waals surface area (Å²) in [5.74, 6) is -0.918. The zero-order valence-corrected chi connectivity index (χ0v) is 18.0. The van der Waals surface area contributed by atoms with Gasteiger partial charge in [0.15, 0.2) is 11.7 Å². The zero-order valence-electron chi connectivity index (χ0n) is 18.0. The van der Waals surface area contributed by atoms with Crippen LogP contribution in [0, 0.1) is 11.3 Å². The van der Waals surface area contributed by atoms with Crippen molar-refractivity contribution >= 4 is 28.9 Å². The van der Waals surface area contributed by atoms with E-state index in [-0.39, 0.29) is 12.0 Å². The summed E-state index contributed by atoms with van der Waals surface area (Å²) in [5, 5.41) is 12.6. The molecule has 1 atom stereocenters. The molecule has 1 N–H and O–H groups in total. The molecule has 9 nitrogen and oxygen atoms in total. The first-order valence-electron chi connectivity index (χ1n) is 10.7. The lowest BCUT2D eigenvalue weighted by Gasteiger charge is -2.35. The Labute approximate surface area is 182 Å². The Hall–Kier alpha value is -3.41. The number of rotatable bonds is 7. The summed E-state index contributed by atoms with van der Waals surface area (Å²) >= 11 is 0. The van der Waals surface area contributed by atoms with Gasteiger partial charge in [0.1, 0.15) is 5.69 Å². The van der Waals surface area contributed by atoms with Crippen molar-refractivity contribution in [3.63, 3.8) is 0 Å². The average molecular weight is 425 g/mol. The van der Waals surface area contributed by atoms with Crippen LogP contribution in [0.4, 0.5) is 10.6 Å². The smallest absolute Gasteiger partial charge is 0.409 e. The van der Waals surface area contributed by atoms with Gasteiger partial charge < -0.3 is 19.9 Å². The quantitative estimate of drug-likeness (QED) is 0.680. The predicted molar refractivity (Wildman–Crippen MR) is 117 cm³/mol. The first kappa shape index (κ1) is 22.3. The van der Waals surface area contributed by atoms with E-state index in [2.05, 4.69) is 16.4 Å². The van der Waals surface area contributed by atoms with E-state index in [0.717, 1.165) is 12.8 Å². The normalized spacial score (nSPS) is 14.7. The fourth-order valence-electron chi connectivity index (χ4n) is 3.48. The number of para-hydroxylation sites is 2. The van der Waals surface area contributed by atoms with Gasteiger partial charge in [0.2, 0.25) is 5.91 Å². The van der Waals surface area contributed by atoms with E-state index in [4.69, 9.17) is 9.72 Å². The summed E-state index contributed by atoms with van der Waals surface area (Å²) in [4.78, 5) is 37.8. The molecule has 1 aromatic heterocycles. The van der Waals surface area contributed by atoms with Crippen LogP contribution in [0.3, 0.4) is 0 Å². The minimum atomic E-state index is -1.06. The molecule has 1 aliphatic rings. The van der Waals surface area contributed by atoms with E-state index in [0.29, 0.717) is 61.9 Å². The molecule has 2 heterocycles. The third-order valence-electron chi connectivity index (χ3n) is 5.18. The van der Waals surface area contributed by atoms with Crippen molar-refractivity contribution in [1.29, 1.82) is 5.26 Å². The van der Waals surface area contributed by atoms with Crippen LogP contribution in [0.1, 0.15) is 38.3 Å². The molecule has 0 saturated carbocycles. The zero-order chi connectivity index (χ0) is 22.2. The van der Waals surface area contributed by atoms with Gasteiger partial charge in [-0.3, -0.25) is 4.79 Å². The molecule has 2 amide bonds. The van der Waals surface area contributed by atoms with Crippen molar-refractivity contribution in [2.45, 2.75) is 32.6 Å².